The first-order valence-electron chi connectivity index (χ1n) is 6.60. The lowest BCUT2D eigenvalue weighted by atomic mass is 10.4. The van der Waals surface area contributed by atoms with Gasteiger partial charge in [0.05, 0.1) is 18.6 Å². The van der Waals surface area contributed by atoms with E-state index in [9.17, 15) is 8.42 Å². The lowest BCUT2D eigenvalue weighted by Crippen LogP contribution is -2.19. The Morgan fingerprint density at radius 2 is 2.23 bits per heavy atom. The fourth-order valence-electron chi connectivity index (χ4n) is 1.81. The van der Waals surface area contributed by atoms with Crippen molar-refractivity contribution in [2.24, 2.45) is 0 Å². The maximum atomic E-state index is 12.2. The van der Waals surface area contributed by atoms with Gasteiger partial charge in [-0.2, -0.15) is 4.98 Å². The molecule has 0 aliphatic heterocycles. The Kier molecular flexibility index (Phi) is 3.99. The molecular weight excluding hydrogens is 324 g/mol. The van der Waals surface area contributed by atoms with E-state index in [0.29, 0.717) is 12.3 Å². The first-order valence-corrected chi connectivity index (χ1v) is 9.09. The number of hydrogen-bond acceptors (Lipinski definition) is 7. The topological polar surface area (TPSA) is 90.0 Å². The SMILES string of the molecule is CCS(=O)(=O)n1nc(-c2ccco2)nc1NCc1cccs1. The van der Waals surface area contributed by atoms with Crippen LogP contribution in [0.2, 0.25) is 0 Å². The quantitative estimate of drug-likeness (QED) is 0.742. The predicted molar refractivity (Wildman–Crippen MR) is 84.2 cm³/mol. The first-order chi connectivity index (χ1) is 10.6. The fraction of sp³-hybridized carbons (Fsp3) is 0.231. The highest BCUT2D eigenvalue weighted by molar-refractivity contribution is 7.89. The molecule has 22 heavy (non-hydrogen) atoms. The molecule has 0 aromatic carbocycles. The van der Waals surface area contributed by atoms with Crippen molar-refractivity contribution in [3.05, 3.63) is 40.8 Å². The Hall–Kier alpha value is -2.13. The molecule has 3 rings (SSSR count). The fourth-order valence-corrected chi connectivity index (χ4v) is 3.27. The largest absolute Gasteiger partial charge is 0.461 e. The summed E-state index contributed by atoms with van der Waals surface area (Å²) < 4.78 is 30.5. The van der Waals surface area contributed by atoms with Gasteiger partial charge in [-0.25, -0.2) is 8.42 Å². The number of furan rings is 1. The second kappa shape index (κ2) is 5.93. The van der Waals surface area contributed by atoms with Crippen molar-refractivity contribution in [1.29, 1.82) is 0 Å². The summed E-state index contributed by atoms with van der Waals surface area (Å²) in [5, 5.41) is 9.03. The van der Waals surface area contributed by atoms with Crippen molar-refractivity contribution in [3.63, 3.8) is 0 Å². The summed E-state index contributed by atoms with van der Waals surface area (Å²) in [7, 11) is -3.55. The maximum Gasteiger partial charge on any atom is 0.256 e. The van der Waals surface area contributed by atoms with Crippen LogP contribution in [0.4, 0.5) is 5.95 Å². The monoisotopic (exact) mass is 338 g/mol. The van der Waals surface area contributed by atoms with Gasteiger partial charge in [0.1, 0.15) is 0 Å². The molecule has 3 heterocycles. The highest BCUT2D eigenvalue weighted by atomic mass is 32.2. The van der Waals surface area contributed by atoms with Crippen molar-refractivity contribution < 1.29 is 12.8 Å². The molecule has 7 nitrogen and oxygen atoms in total. The van der Waals surface area contributed by atoms with Crippen molar-refractivity contribution in [2.45, 2.75) is 13.5 Å². The Labute approximate surface area is 131 Å². The van der Waals surface area contributed by atoms with E-state index < -0.39 is 10.0 Å². The molecule has 0 radical (unpaired) electrons. The molecule has 1 N–H and O–H groups in total. The van der Waals surface area contributed by atoms with E-state index in [4.69, 9.17) is 4.42 Å². The Bertz CT molecular complexity index is 836. The number of rotatable bonds is 6. The first kappa shape index (κ1) is 14.8. The summed E-state index contributed by atoms with van der Waals surface area (Å²) in [4.78, 5) is 5.31. The normalized spacial score (nSPS) is 11.7. The van der Waals surface area contributed by atoms with E-state index in [2.05, 4.69) is 15.4 Å². The Balaban J connectivity index is 1.95. The molecule has 3 aromatic heterocycles. The summed E-state index contributed by atoms with van der Waals surface area (Å²) in [6, 6.07) is 7.27. The van der Waals surface area contributed by atoms with Crippen molar-refractivity contribution in [1.82, 2.24) is 14.2 Å². The number of thiophene rings is 1. The van der Waals surface area contributed by atoms with Gasteiger partial charge in [0.15, 0.2) is 5.76 Å². The average Bonchev–Trinajstić information content (AvgIpc) is 3.24. The average molecular weight is 338 g/mol. The number of anilines is 1. The van der Waals surface area contributed by atoms with Gasteiger partial charge in [-0.3, -0.25) is 0 Å². The minimum absolute atomic E-state index is 0.0678. The zero-order valence-corrected chi connectivity index (χ0v) is 13.4. The molecule has 0 unspecified atom stereocenters. The summed E-state index contributed by atoms with van der Waals surface area (Å²) in [5.74, 6) is 0.767. The van der Waals surface area contributed by atoms with Gasteiger partial charge in [0.2, 0.25) is 11.8 Å². The van der Waals surface area contributed by atoms with E-state index >= 15 is 0 Å². The molecule has 0 saturated carbocycles. The summed E-state index contributed by atoms with van der Waals surface area (Å²) >= 11 is 1.58. The second-order valence-corrected chi connectivity index (χ2v) is 7.53. The van der Waals surface area contributed by atoms with Crippen LogP contribution in [0.15, 0.2) is 40.3 Å². The highest BCUT2D eigenvalue weighted by Gasteiger charge is 2.21. The number of nitrogens with one attached hydrogen (secondary N) is 1. The lowest BCUT2D eigenvalue weighted by molar-refractivity contribution is 0.574. The van der Waals surface area contributed by atoms with Crippen LogP contribution in [0.1, 0.15) is 11.8 Å². The van der Waals surface area contributed by atoms with Crippen LogP contribution in [0.25, 0.3) is 11.6 Å². The standard InChI is InChI=1S/C13H14N4O3S2/c1-2-22(18,19)17-13(14-9-10-5-4-8-21-10)15-12(16-17)11-6-3-7-20-11/h3-8H,2,9H2,1H3,(H,14,15,16). The molecule has 0 bridgehead atoms. The van der Waals surface area contributed by atoms with E-state index in [-0.39, 0.29) is 17.5 Å². The van der Waals surface area contributed by atoms with Crippen LogP contribution >= 0.6 is 11.3 Å². The van der Waals surface area contributed by atoms with Crippen LogP contribution in [-0.2, 0) is 16.6 Å². The number of hydrogen-bond donors (Lipinski definition) is 1. The van der Waals surface area contributed by atoms with Gasteiger partial charge < -0.3 is 9.73 Å². The molecule has 0 amide bonds. The zero-order chi connectivity index (χ0) is 15.6. The van der Waals surface area contributed by atoms with E-state index in [1.165, 1.54) is 6.26 Å². The molecule has 116 valence electrons. The van der Waals surface area contributed by atoms with Gasteiger partial charge in [0.25, 0.3) is 10.0 Å². The summed E-state index contributed by atoms with van der Waals surface area (Å²) in [5.41, 5.74) is 0. The minimum atomic E-state index is -3.55. The third kappa shape index (κ3) is 2.90. The molecule has 0 spiro atoms. The summed E-state index contributed by atoms with van der Waals surface area (Å²) in [6.07, 6.45) is 1.49. The third-order valence-electron chi connectivity index (χ3n) is 2.95. The van der Waals surface area contributed by atoms with E-state index in [1.807, 2.05) is 17.5 Å². The Morgan fingerprint density at radius 1 is 1.36 bits per heavy atom. The molecule has 3 aromatic rings. The van der Waals surface area contributed by atoms with Crippen molar-refractivity contribution in [2.75, 3.05) is 11.1 Å². The molecule has 0 aliphatic rings. The molecular formula is C13H14N4O3S2. The zero-order valence-electron chi connectivity index (χ0n) is 11.8. The van der Waals surface area contributed by atoms with Gasteiger partial charge in [0, 0.05) is 4.88 Å². The van der Waals surface area contributed by atoms with E-state index in [0.717, 1.165) is 8.96 Å². The molecule has 0 aliphatic carbocycles. The van der Waals surface area contributed by atoms with Crippen LogP contribution in [-0.4, -0.2) is 28.3 Å². The van der Waals surface area contributed by atoms with Gasteiger partial charge in [-0.05, 0) is 30.5 Å². The Morgan fingerprint density at radius 3 is 2.86 bits per heavy atom. The maximum absolute atomic E-state index is 12.2. The molecule has 0 saturated heterocycles. The van der Waals surface area contributed by atoms with Crippen LogP contribution < -0.4 is 5.32 Å². The van der Waals surface area contributed by atoms with Gasteiger partial charge >= 0.3 is 0 Å². The minimum Gasteiger partial charge on any atom is -0.461 e. The predicted octanol–water partition coefficient (Wildman–Crippen LogP) is 2.41. The molecule has 0 atom stereocenters. The van der Waals surface area contributed by atoms with Crippen molar-refractivity contribution >= 4 is 27.3 Å². The van der Waals surface area contributed by atoms with Crippen LogP contribution in [0.5, 0.6) is 0 Å². The molecule has 0 fully saturated rings. The smallest absolute Gasteiger partial charge is 0.256 e. The highest BCUT2D eigenvalue weighted by Crippen LogP contribution is 2.20. The van der Waals surface area contributed by atoms with Crippen LogP contribution in [0.3, 0.4) is 0 Å². The number of aromatic nitrogens is 3. The summed E-state index contributed by atoms with van der Waals surface area (Å²) in [6.45, 7) is 2.04. The lowest BCUT2D eigenvalue weighted by Gasteiger charge is -2.06. The van der Waals surface area contributed by atoms with Gasteiger partial charge in [-0.15, -0.1) is 20.5 Å². The third-order valence-corrected chi connectivity index (χ3v) is 5.34. The van der Waals surface area contributed by atoms with Crippen LogP contribution in [0, 0.1) is 0 Å². The number of nitrogens with zero attached hydrogens (tertiary/aromatic N) is 3. The molecule has 9 heteroatoms. The van der Waals surface area contributed by atoms with Gasteiger partial charge in [-0.1, -0.05) is 6.07 Å². The second-order valence-electron chi connectivity index (χ2n) is 4.41. The van der Waals surface area contributed by atoms with E-state index in [1.54, 1.807) is 30.4 Å². The van der Waals surface area contributed by atoms with Crippen molar-refractivity contribution in [3.8, 4) is 11.6 Å².